The molecule has 142 valence electrons. The molecule has 2 aromatic carbocycles. The number of nitrogens with one attached hydrogen (secondary N) is 3. The Morgan fingerprint density at radius 3 is 2.15 bits per heavy atom. The van der Waals surface area contributed by atoms with Gasteiger partial charge < -0.3 is 10.1 Å². The summed E-state index contributed by atoms with van der Waals surface area (Å²) in [6, 6.07) is 13.6. The summed E-state index contributed by atoms with van der Waals surface area (Å²) in [6.07, 6.45) is 0. The number of anilines is 1. The molecule has 27 heavy (non-hydrogen) atoms. The van der Waals surface area contributed by atoms with Crippen molar-refractivity contribution in [3.63, 3.8) is 0 Å². The second-order valence-corrected chi connectivity index (χ2v) is 6.33. The van der Waals surface area contributed by atoms with Crippen molar-refractivity contribution in [2.45, 2.75) is 20.8 Å². The molecule has 0 aliphatic rings. The van der Waals surface area contributed by atoms with Gasteiger partial charge in [0.1, 0.15) is 5.75 Å². The van der Waals surface area contributed by atoms with Gasteiger partial charge in [0.15, 0.2) is 6.61 Å². The van der Waals surface area contributed by atoms with Crippen molar-refractivity contribution >= 4 is 23.4 Å². The van der Waals surface area contributed by atoms with Gasteiger partial charge in [-0.2, -0.15) is 0 Å². The number of hydrogen-bond acceptors (Lipinski definition) is 4. The van der Waals surface area contributed by atoms with E-state index in [-0.39, 0.29) is 18.4 Å². The number of ether oxygens (including phenoxy) is 1. The minimum absolute atomic E-state index is 0.104. The fraction of sp³-hybridized carbons (Fsp3) is 0.250. The Hall–Kier alpha value is -3.35. The molecule has 3 amide bonds. The molecule has 7 heteroatoms. The van der Waals surface area contributed by atoms with Gasteiger partial charge in [-0.25, -0.2) is 0 Å². The molecule has 0 saturated carbocycles. The van der Waals surface area contributed by atoms with E-state index in [1.54, 1.807) is 50.2 Å². The van der Waals surface area contributed by atoms with Gasteiger partial charge in [-0.15, -0.1) is 0 Å². The van der Waals surface area contributed by atoms with Crippen molar-refractivity contribution in [2.24, 2.45) is 5.92 Å². The summed E-state index contributed by atoms with van der Waals surface area (Å²) in [5.41, 5.74) is 6.64. The zero-order valence-electron chi connectivity index (χ0n) is 15.5. The van der Waals surface area contributed by atoms with Gasteiger partial charge in [-0.3, -0.25) is 25.2 Å². The Labute approximate surface area is 158 Å². The average Bonchev–Trinajstić information content (AvgIpc) is 2.66. The molecule has 0 fully saturated rings. The molecule has 0 unspecified atom stereocenters. The van der Waals surface area contributed by atoms with Crippen molar-refractivity contribution in [2.75, 3.05) is 11.9 Å². The van der Waals surface area contributed by atoms with Crippen LogP contribution in [0.5, 0.6) is 5.75 Å². The minimum atomic E-state index is -0.482. The first kappa shape index (κ1) is 20.0. The highest BCUT2D eigenvalue weighted by Crippen LogP contribution is 2.12. The Kier molecular flexibility index (Phi) is 6.93. The van der Waals surface area contributed by atoms with Crippen LogP contribution in [0.15, 0.2) is 48.5 Å². The first-order chi connectivity index (χ1) is 12.8. The molecule has 0 aliphatic heterocycles. The van der Waals surface area contributed by atoms with E-state index in [1.807, 2.05) is 19.1 Å². The first-order valence-electron chi connectivity index (χ1n) is 8.54. The van der Waals surface area contributed by atoms with E-state index < -0.39 is 11.8 Å². The Morgan fingerprint density at radius 2 is 1.56 bits per heavy atom. The van der Waals surface area contributed by atoms with Gasteiger partial charge in [-0.05, 0) is 43.3 Å². The minimum Gasteiger partial charge on any atom is -0.484 e. The number of carbonyl (C=O) groups is 3. The van der Waals surface area contributed by atoms with Gasteiger partial charge >= 0.3 is 0 Å². The topological polar surface area (TPSA) is 96.5 Å². The van der Waals surface area contributed by atoms with Gasteiger partial charge in [0.05, 0.1) is 0 Å². The van der Waals surface area contributed by atoms with E-state index in [0.29, 0.717) is 17.0 Å². The number of aryl methyl sites for hydroxylation is 1. The Bertz CT molecular complexity index is 799. The van der Waals surface area contributed by atoms with E-state index >= 15 is 0 Å². The average molecular weight is 369 g/mol. The molecule has 0 radical (unpaired) electrons. The molecule has 2 aromatic rings. The summed E-state index contributed by atoms with van der Waals surface area (Å²) in [5.74, 6) is -0.621. The smallest absolute Gasteiger partial charge is 0.276 e. The molecular formula is C20H23N3O4. The van der Waals surface area contributed by atoms with Crippen molar-refractivity contribution in [3.05, 3.63) is 59.7 Å². The Balaban J connectivity index is 1.78. The second-order valence-electron chi connectivity index (χ2n) is 6.33. The van der Waals surface area contributed by atoms with Crippen LogP contribution < -0.4 is 20.9 Å². The van der Waals surface area contributed by atoms with E-state index in [2.05, 4.69) is 16.2 Å². The third kappa shape index (κ3) is 6.47. The number of rotatable bonds is 6. The number of benzene rings is 2. The normalized spacial score (nSPS) is 10.2. The van der Waals surface area contributed by atoms with Crippen LogP contribution in [0.4, 0.5) is 5.69 Å². The lowest BCUT2D eigenvalue weighted by Gasteiger charge is -2.10. The van der Waals surface area contributed by atoms with Crippen molar-refractivity contribution in [1.29, 1.82) is 0 Å². The highest BCUT2D eigenvalue weighted by atomic mass is 16.5. The number of hydrogen-bond donors (Lipinski definition) is 3. The molecular weight excluding hydrogens is 346 g/mol. The van der Waals surface area contributed by atoms with Crippen LogP contribution in [-0.4, -0.2) is 24.3 Å². The fourth-order valence-electron chi connectivity index (χ4n) is 2.01. The van der Waals surface area contributed by atoms with Crippen LogP contribution in [0.1, 0.15) is 29.8 Å². The number of carbonyl (C=O) groups excluding carboxylic acids is 3. The number of amides is 3. The summed E-state index contributed by atoms with van der Waals surface area (Å²) < 4.78 is 5.33. The molecule has 0 heterocycles. The molecule has 0 aliphatic carbocycles. The van der Waals surface area contributed by atoms with Crippen LogP contribution in [0.25, 0.3) is 0 Å². The van der Waals surface area contributed by atoms with E-state index in [1.165, 1.54) is 0 Å². The lowest BCUT2D eigenvalue weighted by atomic mass is 10.1. The van der Waals surface area contributed by atoms with Crippen molar-refractivity contribution < 1.29 is 19.1 Å². The van der Waals surface area contributed by atoms with Gasteiger partial charge in [-0.1, -0.05) is 31.5 Å². The van der Waals surface area contributed by atoms with Crippen LogP contribution in [-0.2, 0) is 9.59 Å². The monoisotopic (exact) mass is 369 g/mol. The molecule has 0 bridgehead atoms. The maximum absolute atomic E-state index is 12.0. The third-order valence-electron chi connectivity index (χ3n) is 3.65. The van der Waals surface area contributed by atoms with E-state index in [0.717, 1.165) is 5.56 Å². The van der Waals surface area contributed by atoms with Crippen molar-refractivity contribution in [1.82, 2.24) is 10.9 Å². The summed E-state index contributed by atoms with van der Waals surface area (Å²) >= 11 is 0. The predicted molar refractivity (Wildman–Crippen MR) is 102 cm³/mol. The highest BCUT2D eigenvalue weighted by Gasteiger charge is 2.10. The van der Waals surface area contributed by atoms with E-state index in [9.17, 15) is 14.4 Å². The first-order valence-corrected chi connectivity index (χ1v) is 8.54. The molecule has 3 N–H and O–H groups in total. The van der Waals surface area contributed by atoms with Crippen LogP contribution >= 0.6 is 0 Å². The zero-order valence-corrected chi connectivity index (χ0v) is 15.5. The molecule has 0 atom stereocenters. The quantitative estimate of drug-likeness (QED) is 0.682. The van der Waals surface area contributed by atoms with Gasteiger partial charge in [0, 0.05) is 17.2 Å². The highest BCUT2D eigenvalue weighted by molar-refractivity contribution is 5.97. The third-order valence-corrected chi connectivity index (χ3v) is 3.65. The molecule has 7 nitrogen and oxygen atoms in total. The fourth-order valence-corrected chi connectivity index (χ4v) is 2.01. The van der Waals surface area contributed by atoms with Gasteiger partial charge in [0.2, 0.25) is 5.91 Å². The maximum Gasteiger partial charge on any atom is 0.276 e. The summed E-state index contributed by atoms with van der Waals surface area (Å²) in [5, 5.41) is 2.74. The second kappa shape index (κ2) is 9.38. The lowest BCUT2D eigenvalue weighted by molar-refractivity contribution is -0.123. The molecule has 0 spiro atoms. The van der Waals surface area contributed by atoms with Crippen LogP contribution in [0.3, 0.4) is 0 Å². The van der Waals surface area contributed by atoms with Gasteiger partial charge in [0.25, 0.3) is 11.8 Å². The van der Waals surface area contributed by atoms with Crippen molar-refractivity contribution in [3.8, 4) is 5.75 Å². The van der Waals surface area contributed by atoms with Crippen LogP contribution in [0.2, 0.25) is 0 Å². The summed E-state index contributed by atoms with van der Waals surface area (Å²) in [4.78, 5) is 35.4. The summed E-state index contributed by atoms with van der Waals surface area (Å²) in [6.45, 7) is 5.32. The SMILES string of the molecule is Cc1ccc(OCC(=O)NNC(=O)c2ccc(NC(=O)C(C)C)cc2)cc1. The predicted octanol–water partition coefficient (Wildman–Crippen LogP) is 2.43. The molecule has 0 aromatic heterocycles. The Morgan fingerprint density at radius 1 is 0.926 bits per heavy atom. The standard InChI is InChI=1S/C20H23N3O4/c1-13(2)19(25)21-16-8-6-15(7-9-16)20(26)23-22-18(24)12-27-17-10-4-14(3)5-11-17/h4-11,13H,12H2,1-3H3,(H,21,25)(H,22,24)(H,23,26). The largest absolute Gasteiger partial charge is 0.484 e. The zero-order chi connectivity index (χ0) is 19.8. The van der Waals surface area contributed by atoms with E-state index in [4.69, 9.17) is 4.74 Å². The molecule has 0 saturated heterocycles. The van der Waals surface area contributed by atoms with Crippen LogP contribution in [0, 0.1) is 12.8 Å². The molecule has 2 rings (SSSR count). The lowest BCUT2D eigenvalue weighted by Crippen LogP contribution is -2.43. The number of hydrazine groups is 1. The summed E-state index contributed by atoms with van der Waals surface area (Å²) in [7, 11) is 0. The maximum atomic E-state index is 12.0.